The van der Waals surface area contributed by atoms with Gasteiger partial charge in [0.15, 0.2) is 0 Å². The number of rotatable bonds is 7. The fraction of sp³-hybridized carbons (Fsp3) is 0.417. The van der Waals surface area contributed by atoms with Crippen molar-refractivity contribution in [2.75, 3.05) is 0 Å². The number of carbonyl (C=O) groups is 2. The molecule has 0 heterocycles. The molecule has 0 aliphatic carbocycles. The van der Waals surface area contributed by atoms with E-state index >= 15 is 0 Å². The summed E-state index contributed by atoms with van der Waals surface area (Å²) >= 11 is 6.11. The summed E-state index contributed by atoms with van der Waals surface area (Å²) in [6.07, 6.45) is 0.982. The van der Waals surface area contributed by atoms with E-state index in [-0.39, 0.29) is 17.4 Å². The molecule has 1 N–H and O–H groups in total. The number of benzene rings is 2. The van der Waals surface area contributed by atoms with Crippen molar-refractivity contribution in [2.45, 2.75) is 65.6 Å². The van der Waals surface area contributed by atoms with Crippen LogP contribution < -0.4 is 5.32 Å². The van der Waals surface area contributed by atoms with Crippen molar-refractivity contribution in [3.05, 3.63) is 70.2 Å². The molecule has 2 rings (SSSR count). The molecule has 0 fully saturated rings. The lowest BCUT2D eigenvalue weighted by Gasteiger charge is -2.31. The molecule has 0 aliphatic rings. The van der Waals surface area contributed by atoms with Gasteiger partial charge >= 0.3 is 0 Å². The zero-order chi connectivity index (χ0) is 21.6. The second-order valence-electron chi connectivity index (χ2n) is 8.55. The Morgan fingerprint density at radius 3 is 2.31 bits per heavy atom. The van der Waals surface area contributed by atoms with Crippen LogP contribution in [-0.2, 0) is 22.6 Å². The summed E-state index contributed by atoms with van der Waals surface area (Å²) in [4.78, 5) is 27.5. The van der Waals surface area contributed by atoms with Crippen LogP contribution >= 0.6 is 11.6 Å². The monoisotopic (exact) mass is 414 g/mol. The third-order valence-electron chi connectivity index (χ3n) is 4.66. The Kier molecular flexibility index (Phi) is 7.86. The Morgan fingerprint density at radius 1 is 1.07 bits per heavy atom. The number of aryl methyl sites for hydroxylation is 2. The summed E-state index contributed by atoms with van der Waals surface area (Å²) in [7, 11) is 0. The summed E-state index contributed by atoms with van der Waals surface area (Å²) in [5, 5.41) is 3.58. The van der Waals surface area contributed by atoms with Crippen LogP contribution in [0.4, 0.5) is 0 Å². The number of hydrogen-bond acceptors (Lipinski definition) is 2. The zero-order valence-corrected chi connectivity index (χ0v) is 18.7. The van der Waals surface area contributed by atoms with Gasteiger partial charge in [-0.15, -0.1) is 0 Å². The first-order valence-electron chi connectivity index (χ1n) is 9.96. The van der Waals surface area contributed by atoms with Gasteiger partial charge in [-0.2, -0.15) is 0 Å². The lowest BCUT2D eigenvalue weighted by molar-refractivity contribution is -0.141. The molecule has 0 saturated heterocycles. The van der Waals surface area contributed by atoms with Gasteiger partial charge in [0.1, 0.15) is 6.04 Å². The Balaban J connectivity index is 2.16. The quantitative estimate of drug-likeness (QED) is 0.699. The Hall–Kier alpha value is -2.33. The van der Waals surface area contributed by atoms with E-state index in [1.807, 2.05) is 70.2 Å². The highest BCUT2D eigenvalue weighted by Crippen LogP contribution is 2.17. The largest absolute Gasteiger partial charge is 0.350 e. The maximum atomic E-state index is 13.1. The van der Waals surface area contributed by atoms with Crippen LogP contribution in [0.1, 0.15) is 50.8 Å². The Morgan fingerprint density at radius 2 is 1.72 bits per heavy atom. The van der Waals surface area contributed by atoms with E-state index in [4.69, 9.17) is 11.6 Å². The standard InChI is InChI=1S/C24H31ClN2O2/c1-17-9-11-19(12-10-17)13-14-22(28)27(16-20-7-6-8-21(25)15-20)18(2)23(29)26-24(3,4)5/h6-12,15,18H,13-14,16H2,1-5H3,(H,26,29). The predicted octanol–water partition coefficient (Wildman–Crippen LogP) is 4.91. The smallest absolute Gasteiger partial charge is 0.242 e. The minimum atomic E-state index is -0.585. The van der Waals surface area contributed by atoms with Crippen LogP contribution in [0, 0.1) is 6.92 Å². The molecule has 0 aromatic heterocycles. The van der Waals surface area contributed by atoms with E-state index in [0.29, 0.717) is 24.4 Å². The summed E-state index contributed by atoms with van der Waals surface area (Å²) in [6, 6.07) is 15.0. The van der Waals surface area contributed by atoms with Crippen LogP contribution in [0.3, 0.4) is 0 Å². The Labute approximate surface area is 179 Å². The zero-order valence-electron chi connectivity index (χ0n) is 18.0. The minimum absolute atomic E-state index is 0.0536. The predicted molar refractivity (Wildman–Crippen MR) is 119 cm³/mol. The van der Waals surface area contributed by atoms with Gasteiger partial charge < -0.3 is 10.2 Å². The fourth-order valence-electron chi connectivity index (χ4n) is 3.04. The van der Waals surface area contributed by atoms with Crippen molar-refractivity contribution in [3.8, 4) is 0 Å². The number of nitrogens with zero attached hydrogens (tertiary/aromatic N) is 1. The first-order valence-corrected chi connectivity index (χ1v) is 10.3. The number of carbonyl (C=O) groups excluding carboxylic acids is 2. The third-order valence-corrected chi connectivity index (χ3v) is 4.89. The molecule has 156 valence electrons. The molecular formula is C24H31ClN2O2. The van der Waals surface area contributed by atoms with Crippen LogP contribution in [0.2, 0.25) is 5.02 Å². The number of halogens is 1. The summed E-state index contributed by atoms with van der Waals surface area (Å²) < 4.78 is 0. The molecular weight excluding hydrogens is 384 g/mol. The fourth-order valence-corrected chi connectivity index (χ4v) is 3.25. The number of nitrogens with one attached hydrogen (secondary N) is 1. The van der Waals surface area contributed by atoms with Crippen LogP contribution in [0.5, 0.6) is 0 Å². The van der Waals surface area contributed by atoms with E-state index < -0.39 is 6.04 Å². The molecule has 1 atom stereocenters. The molecule has 0 bridgehead atoms. The Bertz CT molecular complexity index is 841. The molecule has 0 spiro atoms. The summed E-state index contributed by atoms with van der Waals surface area (Å²) in [5.74, 6) is -0.217. The lowest BCUT2D eigenvalue weighted by Crippen LogP contribution is -2.52. The van der Waals surface area contributed by atoms with Crippen molar-refractivity contribution in [1.82, 2.24) is 10.2 Å². The van der Waals surface area contributed by atoms with E-state index in [0.717, 1.165) is 11.1 Å². The van der Waals surface area contributed by atoms with Gasteiger partial charge in [-0.05, 0) is 64.3 Å². The highest BCUT2D eigenvalue weighted by Gasteiger charge is 2.28. The summed E-state index contributed by atoms with van der Waals surface area (Å²) in [6.45, 7) is 9.94. The maximum absolute atomic E-state index is 13.1. The van der Waals surface area contributed by atoms with Crippen molar-refractivity contribution >= 4 is 23.4 Å². The van der Waals surface area contributed by atoms with Gasteiger partial charge in [0.25, 0.3) is 0 Å². The molecule has 0 saturated carbocycles. The molecule has 5 heteroatoms. The molecule has 2 amide bonds. The van der Waals surface area contributed by atoms with Crippen LogP contribution in [0.15, 0.2) is 48.5 Å². The van der Waals surface area contributed by atoms with Gasteiger partial charge in [-0.1, -0.05) is 53.6 Å². The normalized spacial score (nSPS) is 12.3. The number of hydrogen-bond donors (Lipinski definition) is 1. The molecule has 1 unspecified atom stereocenters. The second kappa shape index (κ2) is 9.93. The van der Waals surface area contributed by atoms with Gasteiger partial charge in [0, 0.05) is 23.5 Å². The van der Waals surface area contributed by atoms with Crippen molar-refractivity contribution in [2.24, 2.45) is 0 Å². The molecule has 0 aliphatic heterocycles. The minimum Gasteiger partial charge on any atom is -0.350 e. The van der Waals surface area contributed by atoms with Crippen molar-refractivity contribution < 1.29 is 9.59 Å². The molecule has 29 heavy (non-hydrogen) atoms. The van der Waals surface area contributed by atoms with Gasteiger partial charge in [0.2, 0.25) is 11.8 Å². The molecule has 0 radical (unpaired) electrons. The van der Waals surface area contributed by atoms with Crippen LogP contribution in [-0.4, -0.2) is 28.3 Å². The van der Waals surface area contributed by atoms with Gasteiger partial charge in [-0.25, -0.2) is 0 Å². The first-order chi connectivity index (χ1) is 13.5. The van der Waals surface area contributed by atoms with Crippen molar-refractivity contribution in [1.29, 1.82) is 0 Å². The van der Waals surface area contributed by atoms with E-state index in [9.17, 15) is 9.59 Å². The SMILES string of the molecule is Cc1ccc(CCC(=O)N(Cc2cccc(Cl)c2)C(C)C(=O)NC(C)(C)C)cc1. The summed E-state index contributed by atoms with van der Waals surface area (Å²) in [5.41, 5.74) is 2.84. The van der Waals surface area contributed by atoms with Crippen LogP contribution in [0.25, 0.3) is 0 Å². The van der Waals surface area contributed by atoms with E-state index in [2.05, 4.69) is 5.32 Å². The van der Waals surface area contributed by atoms with E-state index in [1.54, 1.807) is 17.9 Å². The van der Waals surface area contributed by atoms with E-state index in [1.165, 1.54) is 5.56 Å². The average molecular weight is 415 g/mol. The molecule has 2 aromatic rings. The number of amides is 2. The third kappa shape index (κ3) is 7.54. The van der Waals surface area contributed by atoms with Gasteiger partial charge in [-0.3, -0.25) is 9.59 Å². The van der Waals surface area contributed by atoms with Crippen molar-refractivity contribution in [3.63, 3.8) is 0 Å². The molecule has 2 aromatic carbocycles. The highest BCUT2D eigenvalue weighted by molar-refractivity contribution is 6.30. The first kappa shape index (κ1) is 23.0. The second-order valence-corrected chi connectivity index (χ2v) is 8.99. The molecule has 4 nitrogen and oxygen atoms in total. The average Bonchev–Trinajstić information content (AvgIpc) is 2.63. The topological polar surface area (TPSA) is 49.4 Å². The lowest BCUT2D eigenvalue weighted by atomic mass is 10.1. The van der Waals surface area contributed by atoms with Gasteiger partial charge in [0.05, 0.1) is 0 Å². The highest BCUT2D eigenvalue weighted by atomic mass is 35.5. The maximum Gasteiger partial charge on any atom is 0.242 e.